The van der Waals surface area contributed by atoms with E-state index < -0.39 is 11.6 Å². The number of nitrogens with two attached hydrogens (primary N) is 1. The van der Waals surface area contributed by atoms with Crippen LogP contribution in [0.25, 0.3) is 0 Å². The lowest BCUT2D eigenvalue weighted by atomic mass is 10.1. The van der Waals surface area contributed by atoms with Gasteiger partial charge in [0.25, 0.3) is 0 Å². The Balaban J connectivity index is 0.000000970. The van der Waals surface area contributed by atoms with Crippen LogP contribution in [0.4, 0.5) is 21.0 Å². The van der Waals surface area contributed by atoms with Gasteiger partial charge in [-0.25, -0.2) is 9.37 Å². The van der Waals surface area contributed by atoms with E-state index in [2.05, 4.69) is 15.6 Å². The van der Waals surface area contributed by atoms with Gasteiger partial charge in [0.05, 0.1) is 7.11 Å². The van der Waals surface area contributed by atoms with Crippen molar-refractivity contribution in [2.75, 3.05) is 31.2 Å². The zero-order valence-corrected chi connectivity index (χ0v) is 21.1. The fourth-order valence-corrected chi connectivity index (χ4v) is 4.02. The molecule has 0 radical (unpaired) electrons. The summed E-state index contributed by atoms with van der Waals surface area (Å²) in [5, 5.41) is 6.87. The highest BCUT2D eigenvalue weighted by Crippen LogP contribution is 2.31. The smallest absolute Gasteiger partial charge is 0.206 e. The molecular formula is C25H33FN4O3S. The molecule has 7 nitrogen and oxygen atoms in total. The lowest BCUT2D eigenvalue weighted by molar-refractivity contribution is 0.104. The molecule has 0 spiro atoms. The number of ketones is 1. The molecule has 1 unspecified atom stereocenters. The van der Waals surface area contributed by atoms with Crippen molar-refractivity contribution in [1.29, 1.82) is 0 Å². The molecule has 184 valence electrons. The molecule has 1 aliphatic heterocycles. The summed E-state index contributed by atoms with van der Waals surface area (Å²) in [7, 11) is 1.36. The molecule has 4 rings (SSSR count). The van der Waals surface area contributed by atoms with Crippen molar-refractivity contribution < 1.29 is 18.7 Å². The van der Waals surface area contributed by atoms with Gasteiger partial charge in [-0.1, -0.05) is 39.0 Å². The summed E-state index contributed by atoms with van der Waals surface area (Å²) in [4.78, 5) is 17.2. The maximum atomic E-state index is 13.9. The monoisotopic (exact) mass is 488 g/mol. The third-order valence-corrected chi connectivity index (χ3v) is 5.68. The van der Waals surface area contributed by atoms with Crippen LogP contribution in [0.5, 0.6) is 11.5 Å². The number of aromatic nitrogens is 1. The zero-order valence-electron chi connectivity index (χ0n) is 20.3. The molecule has 1 atom stereocenters. The molecule has 0 saturated carbocycles. The van der Waals surface area contributed by atoms with Crippen LogP contribution in [-0.4, -0.2) is 37.1 Å². The molecule has 0 bridgehead atoms. The van der Waals surface area contributed by atoms with E-state index in [9.17, 15) is 9.18 Å². The van der Waals surface area contributed by atoms with Gasteiger partial charge in [-0.05, 0) is 55.4 Å². The van der Waals surface area contributed by atoms with Gasteiger partial charge in [-0.3, -0.25) is 4.79 Å². The van der Waals surface area contributed by atoms with E-state index in [0.29, 0.717) is 5.13 Å². The minimum atomic E-state index is -0.611. The number of carbonyl (C=O) groups is 1. The van der Waals surface area contributed by atoms with Crippen LogP contribution in [0.2, 0.25) is 0 Å². The van der Waals surface area contributed by atoms with E-state index in [-0.39, 0.29) is 28.1 Å². The first-order chi connectivity index (χ1) is 16.5. The Labute approximate surface area is 204 Å². The minimum absolute atomic E-state index is 0.0720. The van der Waals surface area contributed by atoms with Crippen LogP contribution in [0, 0.1) is 5.82 Å². The molecule has 1 aromatic heterocycles. The Bertz CT molecular complexity index is 1050. The normalized spacial score (nSPS) is 14.2. The van der Waals surface area contributed by atoms with Crippen LogP contribution in [-0.2, 0) is 0 Å². The van der Waals surface area contributed by atoms with Crippen LogP contribution in [0.1, 0.15) is 49.4 Å². The fourth-order valence-electron chi connectivity index (χ4n) is 3.15. The van der Waals surface area contributed by atoms with E-state index in [4.69, 9.17) is 15.2 Å². The van der Waals surface area contributed by atoms with Crippen LogP contribution >= 0.6 is 11.3 Å². The number of thiazole rings is 1. The van der Waals surface area contributed by atoms with Crippen molar-refractivity contribution >= 4 is 33.8 Å². The van der Waals surface area contributed by atoms with Gasteiger partial charge >= 0.3 is 0 Å². The van der Waals surface area contributed by atoms with Crippen molar-refractivity contribution in [3.8, 4) is 11.5 Å². The first-order valence-electron chi connectivity index (χ1n) is 11.4. The first-order valence-corrected chi connectivity index (χ1v) is 12.2. The van der Waals surface area contributed by atoms with Crippen molar-refractivity contribution in [3.05, 3.63) is 58.7 Å². The molecule has 9 heteroatoms. The molecular weight excluding hydrogens is 455 g/mol. The van der Waals surface area contributed by atoms with Crippen LogP contribution in [0.3, 0.4) is 0 Å². The van der Waals surface area contributed by atoms with E-state index in [1.165, 1.54) is 19.2 Å². The van der Waals surface area contributed by atoms with Crippen molar-refractivity contribution in [2.45, 2.75) is 40.2 Å². The molecule has 0 aliphatic carbocycles. The van der Waals surface area contributed by atoms with Gasteiger partial charge in [0.1, 0.15) is 22.5 Å². The maximum Gasteiger partial charge on any atom is 0.206 e. The predicted molar refractivity (Wildman–Crippen MR) is 137 cm³/mol. The van der Waals surface area contributed by atoms with Gasteiger partial charge in [0, 0.05) is 17.8 Å². The molecule has 4 N–H and O–H groups in total. The highest BCUT2D eigenvalue weighted by Gasteiger charge is 2.20. The molecule has 3 aromatic rings. The van der Waals surface area contributed by atoms with Gasteiger partial charge < -0.3 is 25.8 Å². The maximum absolute atomic E-state index is 13.9. The topological polar surface area (TPSA) is 98.5 Å². The van der Waals surface area contributed by atoms with Crippen molar-refractivity contribution in [1.82, 2.24) is 10.3 Å². The number of anilines is 3. The quantitative estimate of drug-likeness (QED) is 0.370. The lowest BCUT2D eigenvalue weighted by Crippen LogP contribution is -2.19. The minimum Gasteiger partial charge on any atom is -0.494 e. The molecule has 0 amide bonds. The second-order valence-electron chi connectivity index (χ2n) is 6.79. The first kappa shape index (κ1) is 27.1. The number of methoxy groups -OCH3 is 1. The summed E-state index contributed by atoms with van der Waals surface area (Å²) in [6.45, 7) is 9.83. The number of nitrogen functional groups attached to an aromatic ring is 1. The second kappa shape index (κ2) is 13.5. The number of benzene rings is 2. The largest absolute Gasteiger partial charge is 0.494 e. The molecule has 1 fully saturated rings. The third kappa shape index (κ3) is 6.91. The number of rotatable bonds is 7. The molecule has 2 aromatic carbocycles. The Hall–Kier alpha value is -3.17. The highest BCUT2D eigenvalue weighted by atomic mass is 32.1. The van der Waals surface area contributed by atoms with Crippen molar-refractivity contribution in [3.63, 3.8) is 0 Å². The van der Waals surface area contributed by atoms with Crippen LogP contribution < -0.4 is 25.8 Å². The second-order valence-corrected chi connectivity index (χ2v) is 7.79. The van der Waals surface area contributed by atoms with Gasteiger partial charge in [0.15, 0.2) is 16.7 Å². The number of carbonyl (C=O) groups excluding carboxylic acids is 1. The summed E-state index contributed by atoms with van der Waals surface area (Å²) in [5.41, 5.74) is 6.90. The summed E-state index contributed by atoms with van der Waals surface area (Å²) in [6.07, 6.45) is 1.19. The Morgan fingerprint density at radius 3 is 2.47 bits per heavy atom. The summed E-state index contributed by atoms with van der Waals surface area (Å²) >= 11 is 1.11. The number of nitrogens with zero attached hydrogens (tertiary/aromatic N) is 1. The average Bonchev–Trinajstić information content (AvgIpc) is 3.51. The Morgan fingerprint density at radius 1 is 1.18 bits per heavy atom. The summed E-state index contributed by atoms with van der Waals surface area (Å²) in [6, 6.07) is 11.5. The molecule has 1 aliphatic rings. The van der Waals surface area contributed by atoms with Gasteiger partial charge in [-0.2, -0.15) is 0 Å². The van der Waals surface area contributed by atoms with Crippen LogP contribution in [0.15, 0.2) is 42.5 Å². The SMILES string of the molecule is CC.CC.COc1ccc(C(=O)c2sc(Nc3ccc(OC4CCNC4)cc3)nc2N)cc1F. The lowest BCUT2D eigenvalue weighted by Gasteiger charge is -2.12. The highest BCUT2D eigenvalue weighted by molar-refractivity contribution is 7.18. The van der Waals surface area contributed by atoms with Gasteiger partial charge in [0.2, 0.25) is 5.78 Å². The number of hydrogen-bond donors (Lipinski definition) is 3. The fraction of sp³-hybridized carbons (Fsp3) is 0.360. The zero-order chi connectivity index (χ0) is 25.1. The molecule has 1 saturated heterocycles. The Morgan fingerprint density at radius 2 is 1.88 bits per heavy atom. The Kier molecular flexibility index (Phi) is 10.8. The van der Waals surface area contributed by atoms with E-state index in [0.717, 1.165) is 48.4 Å². The summed E-state index contributed by atoms with van der Waals surface area (Å²) < 4.78 is 24.7. The average molecular weight is 489 g/mol. The summed E-state index contributed by atoms with van der Waals surface area (Å²) in [5.74, 6) is -0.0421. The van der Waals surface area contributed by atoms with E-state index >= 15 is 0 Å². The standard InChI is InChI=1S/C21H21FN4O3S.2C2H6/c1-28-17-7-2-12(10-16(17)22)18(27)19-20(23)26-21(30-19)25-13-3-5-14(6-4-13)29-15-8-9-24-11-15;2*1-2/h2-7,10,15,24H,8-9,11,23H2,1H3,(H,25,26);2*1-2H3. The number of hydrogen-bond acceptors (Lipinski definition) is 8. The molecule has 34 heavy (non-hydrogen) atoms. The third-order valence-electron chi connectivity index (χ3n) is 4.70. The van der Waals surface area contributed by atoms with Crippen molar-refractivity contribution in [2.24, 2.45) is 0 Å². The number of halogens is 1. The van der Waals surface area contributed by atoms with E-state index in [1.54, 1.807) is 0 Å². The van der Waals surface area contributed by atoms with Gasteiger partial charge in [-0.15, -0.1) is 0 Å². The van der Waals surface area contributed by atoms with E-state index in [1.807, 2.05) is 52.0 Å². The number of nitrogens with one attached hydrogen (secondary N) is 2. The molecule has 2 heterocycles. The predicted octanol–water partition coefficient (Wildman–Crippen LogP) is 5.64. The number of ether oxygens (including phenoxy) is 2.